The minimum absolute atomic E-state index is 1.50. The van der Waals surface area contributed by atoms with Crippen molar-refractivity contribution in [1.82, 2.24) is 0 Å². The van der Waals surface area contributed by atoms with Crippen LogP contribution in [0, 0.1) is 84.0 Å². The zero-order chi connectivity index (χ0) is 21.7. The number of hydrogen-bond donors (Lipinski definition) is 8. The Bertz CT molecular complexity index is 170. The maximum absolute atomic E-state index is 8.22. The van der Waals surface area contributed by atoms with Gasteiger partial charge in [0.25, 0.3) is 0 Å². The van der Waals surface area contributed by atoms with Crippen molar-refractivity contribution in [2.45, 2.75) is 0 Å². The molecule has 0 radical (unpaired) electrons. The van der Waals surface area contributed by atoms with E-state index in [4.69, 9.17) is 50.6 Å². The normalized spacial score (nSPS) is 7.00. The fourth-order valence-electron chi connectivity index (χ4n) is 0. The van der Waals surface area contributed by atoms with Crippen molar-refractivity contribution in [1.29, 1.82) is 44.7 Å². The lowest BCUT2D eigenvalue weighted by atomic mass is 13.8. The summed E-state index contributed by atoms with van der Waals surface area (Å²) in [4.78, 5) is 65.8. The van der Waals surface area contributed by atoms with Gasteiger partial charge in [-0.25, -0.2) is 0 Å². The van der Waals surface area contributed by atoms with Crippen LogP contribution in [0.1, 0.15) is 0 Å². The van der Waals surface area contributed by atoms with Gasteiger partial charge in [0, 0.05) is 0 Å². The summed E-state index contributed by atoms with van der Waals surface area (Å²) in [5, 5.41) is 0. The number of rotatable bonds is 0. The molecule has 0 saturated carbocycles. The third-order valence-corrected chi connectivity index (χ3v) is 0. The first kappa shape index (κ1) is 10.9. The van der Waals surface area contributed by atoms with Crippen LogP contribution in [0.2, 0.25) is 11.3 Å². The Kier molecular flexibility index (Phi) is 91.4. The van der Waals surface area contributed by atoms with Gasteiger partial charge in [0.05, 0.1) is 0 Å². The fraction of sp³-hybridized carbons (Fsp3) is 0. The molecule has 0 amide bonds. The quantitative estimate of drug-likeness (QED) is 0.296. The maximum atomic E-state index is 8.22. The van der Waals surface area contributed by atoms with Crippen LogP contribution in [0.3, 0.4) is 0 Å². The Morgan fingerprint density at radius 2 is 0.375 bits per heavy atom. The topological polar surface area (TPSA) is 327 Å². The van der Waals surface area contributed by atoms with Gasteiger partial charge in [0.2, 0.25) is 11.3 Å². The Labute approximate surface area is 97.0 Å². The van der Waals surface area contributed by atoms with E-state index in [2.05, 4.69) is 0 Å². The molecule has 96 valence electrons. The number of nitroso groups, excluding NO2 is 8. The summed E-state index contributed by atoms with van der Waals surface area (Å²) in [7, 11) is 0. The van der Waals surface area contributed by atoms with E-state index in [0.29, 0.717) is 0 Å². The Balaban J connectivity index is -0.0000000203. The van der Waals surface area contributed by atoms with E-state index in [1.165, 1.54) is 44.7 Å². The lowest BCUT2D eigenvalue weighted by Gasteiger charge is -0.827. The van der Waals surface area contributed by atoms with E-state index >= 15 is 0 Å². The van der Waals surface area contributed by atoms with Gasteiger partial charge >= 0.3 is 0 Å². The number of nitrogens with one attached hydrogen (secondary N) is 8. The average Bonchev–Trinajstić information content (AvgIpc) is 2.45. The second kappa shape index (κ2) is 134. The van der Waals surface area contributed by atoms with E-state index in [1.807, 2.05) is 0 Å². The molecular weight excluding hydrogens is 240 g/mol. The van der Waals surface area contributed by atoms with Gasteiger partial charge in [-0.3, -0.25) is 0 Å². The van der Waals surface area contributed by atoms with Crippen LogP contribution in [-0.4, -0.2) is 0 Å². The summed E-state index contributed by atoms with van der Waals surface area (Å²) in [6.45, 7) is 0. The summed E-state index contributed by atoms with van der Waals surface area (Å²) in [5.41, 5.74) is 12.0. The summed E-state index contributed by atoms with van der Waals surface area (Å²) < 4.78 is 42.2. The standard InChI is InChI=1S/8HNO/c8*1-2/h8*1H/i8*1D. The SMILES string of the molecule is [2H]N=O.[2H]N=O.[2H]N=O.[2H]N=O.[2H]N=O.[2H]N=O.[2H]N=O.[2H]N=O. The molecular formula is H8N8O8. The van der Waals surface area contributed by atoms with Crippen molar-refractivity contribution < 1.29 is 11.3 Å². The molecule has 0 saturated heterocycles. The highest BCUT2D eigenvalue weighted by Crippen LogP contribution is 0.780. The third-order valence-electron chi connectivity index (χ3n) is 0. The van der Waals surface area contributed by atoms with Crippen LogP contribution in [0.5, 0.6) is 0 Å². The minimum atomic E-state index is 1.50. The molecule has 0 unspecified atom stereocenters. The molecule has 0 aliphatic rings. The van der Waals surface area contributed by atoms with Gasteiger partial charge in [0.1, 0.15) is 0 Å². The largest absolute Gasteiger partial charge is 0.239 e. The average molecular weight is 256 g/mol. The van der Waals surface area contributed by atoms with Crippen LogP contribution < -0.4 is 0 Å². The smallest absolute Gasteiger partial charge is 0.154 e. The first-order valence-corrected chi connectivity index (χ1v) is 1.46. The Morgan fingerprint density at radius 1 is 0.375 bits per heavy atom. The van der Waals surface area contributed by atoms with Crippen LogP contribution in [-0.2, 0) is 0 Å². The van der Waals surface area contributed by atoms with Crippen LogP contribution in [0.4, 0.5) is 0 Å². The van der Waals surface area contributed by atoms with Crippen molar-refractivity contribution in [2.75, 3.05) is 0 Å². The van der Waals surface area contributed by atoms with Crippen molar-refractivity contribution in [3.63, 3.8) is 0 Å². The molecule has 0 aromatic heterocycles. The molecule has 0 rings (SSSR count). The second-order valence-corrected chi connectivity index (χ2v) is 0. The monoisotopic (exact) mass is 256 g/mol. The lowest BCUT2D eigenvalue weighted by molar-refractivity contribution is 1.49. The van der Waals surface area contributed by atoms with Crippen molar-refractivity contribution in [3.05, 3.63) is 39.3 Å². The highest BCUT2D eigenvalue weighted by Gasteiger charge is 0.602. The molecule has 16 heteroatoms. The van der Waals surface area contributed by atoms with Crippen molar-refractivity contribution >= 4 is 0 Å². The molecule has 0 aliphatic carbocycles. The fourth-order valence-corrected chi connectivity index (χ4v) is 0. The summed E-state index contributed by atoms with van der Waals surface area (Å²) in [5.74, 6) is 0. The zero-order valence-electron chi connectivity index (χ0n) is 14.8. The maximum Gasteiger partial charge on any atom is 0.239 e. The first-order valence-electron chi connectivity index (χ1n) is 5.04. The van der Waals surface area contributed by atoms with Crippen molar-refractivity contribution in [3.8, 4) is 0 Å². The molecule has 0 bridgehead atoms. The first-order chi connectivity index (χ1) is 11.3. The Morgan fingerprint density at radius 3 is 0.375 bits per heavy atom. The van der Waals surface area contributed by atoms with E-state index in [9.17, 15) is 0 Å². The molecule has 0 spiro atoms. The van der Waals surface area contributed by atoms with Crippen LogP contribution in [0.15, 0.2) is 0 Å². The molecule has 16 nitrogen and oxygen atoms in total. The second-order valence-electron chi connectivity index (χ2n) is 0. The van der Waals surface area contributed by atoms with E-state index < -0.39 is 0 Å². The van der Waals surface area contributed by atoms with E-state index in [0.717, 1.165) is 0 Å². The summed E-state index contributed by atoms with van der Waals surface area (Å²) >= 11 is 0. The molecule has 0 aromatic carbocycles. The lowest BCUT2D eigenvalue weighted by Crippen LogP contribution is -0.649. The summed E-state index contributed by atoms with van der Waals surface area (Å²) in [6.07, 6.45) is 0. The van der Waals surface area contributed by atoms with Gasteiger partial charge in [-0.1, -0.05) is 44.7 Å². The highest BCUT2D eigenvalue weighted by atomic mass is 16.2. The molecule has 0 aliphatic heterocycles. The molecule has 8 N–H and O–H groups in total. The van der Waals surface area contributed by atoms with Crippen molar-refractivity contribution in [2.24, 2.45) is 0 Å². The Hall–Kier alpha value is -3.20. The molecule has 0 aromatic rings. The minimum Gasteiger partial charge on any atom is -0.154 e. The van der Waals surface area contributed by atoms with Gasteiger partial charge in [0.15, 0.2) is 0 Å². The third kappa shape index (κ3) is 101. The molecule has 0 heterocycles. The molecule has 0 fully saturated rings. The van der Waals surface area contributed by atoms with Gasteiger partial charge in [-0.15, -0.1) is 0 Å². The zero-order valence-corrected chi connectivity index (χ0v) is 6.84. The molecule has 16 heavy (non-hydrogen) atoms. The predicted molar refractivity (Wildman–Crippen MR) is 48.7 cm³/mol. The van der Waals surface area contributed by atoms with Gasteiger partial charge in [-0.05, 0) is 0 Å². The van der Waals surface area contributed by atoms with E-state index in [-0.39, 0.29) is 0 Å². The van der Waals surface area contributed by atoms with Gasteiger partial charge < -0.3 is 0 Å². The van der Waals surface area contributed by atoms with Crippen LogP contribution >= 0.6 is 0 Å². The van der Waals surface area contributed by atoms with E-state index in [1.54, 1.807) is 0 Å². The highest BCUT2D eigenvalue weighted by molar-refractivity contribution is 3.65. The van der Waals surface area contributed by atoms with Crippen LogP contribution in [0.25, 0.3) is 0 Å². The number of hydrogen-bond acceptors (Lipinski definition) is 16. The summed E-state index contributed by atoms with van der Waals surface area (Å²) in [6, 6.07) is 0. The predicted octanol–water partition coefficient (Wildman–Crippen LogP) is 2.65. The van der Waals surface area contributed by atoms with Gasteiger partial charge in [-0.2, -0.15) is 39.3 Å². The molecule has 0 atom stereocenters.